The van der Waals surface area contributed by atoms with Crippen LogP contribution in [0.25, 0.3) is 0 Å². The second-order valence-corrected chi connectivity index (χ2v) is 5.78. The van der Waals surface area contributed by atoms with E-state index in [1.165, 1.54) is 5.56 Å². The largest absolute Gasteiger partial charge is 1.00 e. The van der Waals surface area contributed by atoms with Crippen molar-refractivity contribution in [3.05, 3.63) is 35.9 Å². The lowest BCUT2D eigenvalue weighted by molar-refractivity contribution is -0.923. The first-order chi connectivity index (χ1) is 8.18. The van der Waals surface area contributed by atoms with E-state index in [-0.39, 0.29) is 12.4 Å². The van der Waals surface area contributed by atoms with Crippen molar-refractivity contribution in [1.29, 1.82) is 0 Å². The predicted molar refractivity (Wildman–Crippen MR) is 83.0 cm³/mol. The third kappa shape index (κ3) is 4.46. The summed E-state index contributed by atoms with van der Waals surface area (Å²) in [6.45, 7) is 7.49. The van der Waals surface area contributed by atoms with Crippen molar-refractivity contribution in [2.24, 2.45) is 0 Å². The maximum atomic E-state index is 5.53. The molecule has 3 heteroatoms. The third-order valence-electron chi connectivity index (χ3n) is 3.51. The molecule has 0 aliphatic carbocycles. The molecule has 1 aromatic rings. The molecule has 0 saturated carbocycles. The summed E-state index contributed by atoms with van der Waals surface area (Å²) in [6.07, 6.45) is 6.62. The van der Waals surface area contributed by atoms with E-state index in [0.29, 0.717) is 4.05 Å². The molecule has 0 bridgehead atoms. The highest BCUT2D eigenvalue weighted by atomic mass is 127. The van der Waals surface area contributed by atoms with E-state index in [0.717, 1.165) is 30.5 Å². The van der Waals surface area contributed by atoms with Gasteiger partial charge in [-0.15, -0.1) is 6.42 Å². The fourth-order valence-corrected chi connectivity index (χ4v) is 3.62. The Morgan fingerprint density at radius 2 is 1.78 bits per heavy atom. The third-order valence-corrected chi connectivity index (χ3v) is 5.13. The maximum absolute atomic E-state index is 5.53. The van der Waals surface area contributed by atoms with Gasteiger partial charge >= 0.3 is 0 Å². The van der Waals surface area contributed by atoms with Gasteiger partial charge in [0.05, 0.1) is 13.1 Å². The number of rotatable bonds is 6. The van der Waals surface area contributed by atoms with Gasteiger partial charge in [-0.3, -0.25) is 0 Å². The highest BCUT2D eigenvalue weighted by molar-refractivity contribution is 14.1. The Labute approximate surface area is 131 Å². The molecule has 0 N–H and O–H groups in total. The Hall–Kier alpha value is -0.240. The number of terminal acetylenes is 1. The van der Waals surface area contributed by atoms with Crippen molar-refractivity contribution in [3.8, 4) is 12.3 Å². The van der Waals surface area contributed by atoms with Crippen molar-refractivity contribution in [2.45, 2.75) is 24.3 Å². The number of hydrogen-bond acceptors (Lipinski definition) is 0. The van der Waals surface area contributed by atoms with E-state index >= 15 is 0 Å². The maximum Gasteiger partial charge on any atom is 0.144 e. The van der Waals surface area contributed by atoms with E-state index < -0.39 is 0 Å². The molecule has 0 radical (unpaired) electrons. The molecule has 100 valence electrons. The Bertz CT molecular complexity index is 368. The molecule has 0 aliphatic heterocycles. The molecule has 0 fully saturated rings. The van der Waals surface area contributed by atoms with Gasteiger partial charge < -0.3 is 16.9 Å². The van der Waals surface area contributed by atoms with E-state index in [2.05, 4.69) is 72.7 Å². The average Bonchev–Trinajstić information content (AvgIpc) is 2.37. The quantitative estimate of drug-likeness (QED) is 0.222. The summed E-state index contributed by atoms with van der Waals surface area (Å²) >= 11 is 2.56. The zero-order valence-electron chi connectivity index (χ0n) is 11.1. The Kier molecular flexibility index (Phi) is 8.67. The second kappa shape index (κ2) is 8.79. The van der Waals surface area contributed by atoms with Crippen LogP contribution < -0.4 is 12.4 Å². The van der Waals surface area contributed by atoms with Gasteiger partial charge in [-0.05, 0) is 47.9 Å². The first kappa shape index (κ1) is 17.8. The van der Waals surface area contributed by atoms with E-state index in [1.807, 2.05) is 0 Å². The van der Waals surface area contributed by atoms with Crippen LogP contribution in [0.2, 0.25) is 0 Å². The molecule has 0 spiro atoms. The highest BCUT2D eigenvalue weighted by Crippen LogP contribution is 2.23. The molecule has 0 saturated heterocycles. The fraction of sp³-hybridized carbons (Fsp3) is 0.467. The van der Waals surface area contributed by atoms with Crippen LogP contribution in [0.5, 0.6) is 0 Å². The Balaban J connectivity index is 0.00000289. The topological polar surface area (TPSA) is 0 Å². The lowest BCUT2D eigenvalue weighted by atomic mass is 10.1. The molecule has 0 aliphatic rings. The predicted octanol–water partition coefficient (Wildman–Crippen LogP) is 0.484. The van der Waals surface area contributed by atoms with Gasteiger partial charge in [-0.2, -0.15) is 0 Å². The van der Waals surface area contributed by atoms with Crippen LogP contribution in [-0.2, 0) is 6.42 Å². The summed E-state index contributed by atoms with van der Waals surface area (Å²) in [6, 6.07) is 10.7. The van der Waals surface area contributed by atoms with Crippen LogP contribution in [-0.4, -0.2) is 28.2 Å². The summed E-state index contributed by atoms with van der Waals surface area (Å²) in [7, 11) is 0. The van der Waals surface area contributed by atoms with Gasteiger partial charge in [0.2, 0.25) is 0 Å². The summed E-state index contributed by atoms with van der Waals surface area (Å²) in [5.74, 6) is 2.84. The molecule has 0 amide bonds. The van der Waals surface area contributed by atoms with Crippen molar-refractivity contribution in [3.63, 3.8) is 0 Å². The average molecular weight is 378 g/mol. The number of nitrogens with zero attached hydrogens (tertiary/aromatic N) is 1. The minimum absolute atomic E-state index is 0. The minimum Gasteiger partial charge on any atom is -1.00 e. The zero-order valence-corrected chi connectivity index (χ0v) is 14.0. The van der Waals surface area contributed by atoms with Gasteiger partial charge in [-0.25, -0.2) is 0 Å². The summed E-state index contributed by atoms with van der Waals surface area (Å²) in [5, 5.41) is 0. The lowest BCUT2D eigenvalue weighted by Gasteiger charge is -2.39. The summed E-state index contributed by atoms with van der Waals surface area (Å²) in [5.41, 5.74) is 1.40. The van der Waals surface area contributed by atoms with Crippen molar-refractivity contribution in [1.82, 2.24) is 0 Å². The monoisotopic (exact) mass is 377 g/mol. The summed E-state index contributed by atoms with van der Waals surface area (Å²) < 4.78 is 1.55. The number of quaternary nitrogens is 1. The number of hydrogen-bond donors (Lipinski definition) is 0. The molecule has 1 nitrogen and oxygen atoms in total. The van der Waals surface area contributed by atoms with E-state index in [4.69, 9.17) is 6.42 Å². The van der Waals surface area contributed by atoms with Crippen LogP contribution in [0.1, 0.15) is 19.4 Å². The lowest BCUT2D eigenvalue weighted by Crippen LogP contribution is -3.00. The zero-order chi connectivity index (χ0) is 12.7. The molecular weight excluding hydrogens is 357 g/mol. The molecule has 0 heterocycles. The normalized spacial score (nSPS) is 12.3. The van der Waals surface area contributed by atoms with Crippen LogP contribution in [0.15, 0.2) is 30.3 Å². The highest BCUT2D eigenvalue weighted by Gasteiger charge is 2.30. The molecule has 1 unspecified atom stereocenters. The van der Waals surface area contributed by atoms with E-state index in [1.54, 1.807) is 0 Å². The van der Waals surface area contributed by atoms with Gasteiger partial charge in [-0.1, -0.05) is 30.3 Å². The fourth-order valence-electron chi connectivity index (χ4n) is 2.13. The van der Waals surface area contributed by atoms with Gasteiger partial charge in [0.1, 0.15) is 10.6 Å². The number of alkyl halides is 1. The smallest absolute Gasteiger partial charge is 0.144 e. The van der Waals surface area contributed by atoms with E-state index in [9.17, 15) is 0 Å². The summed E-state index contributed by atoms with van der Waals surface area (Å²) in [4.78, 5) is 0. The van der Waals surface area contributed by atoms with Gasteiger partial charge in [0.25, 0.3) is 0 Å². The van der Waals surface area contributed by atoms with Gasteiger partial charge in [0.15, 0.2) is 0 Å². The molecule has 1 aromatic carbocycles. The number of benzene rings is 1. The van der Waals surface area contributed by atoms with Crippen molar-refractivity contribution < 1.29 is 16.9 Å². The number of likely N-dealkylation sites (N-methyl/N-ethyl adjacent to an activating group) is 1. The Morgan fingerprint density at radius 1 is 1.22 bits per heavy atom. The van der Waals surface area contributed by atoms with Crippen LogP contribution in [0.3, 0.4) is 0 Å². The van der Waals surface area contributed by atoms with Crippen LogP contribution in [0, 0.1) is 12.3 Å². The molecule has 0 aromatic heterocycles. The Morgan fingerprint density at radius 3 is 2.22 bits per heavy atom. The molecular formula is C15H21ClIN. The van der Waals surface area contributed by atoms with Crippen molar-refractivity contribution in [2.75, 3.05) is 19.6 Å². The first-order valence-corrected chi connectivity index (χ1v) is 7.40. The van der Waals surface area contributed by atoms with Crippen LogP contribution in [0.4, 0.5) is 0 Å². The van der Waals surface area contributed by atoms with Gasteiger partial charge in [0, 0.05) is 6.42 Å². The minimum atomic E-state index is 0. The standard InChI is InChI=1S/C15H21IN.ClH/c1-4-12-17(5-2,6-3)15(16)13-14-10-8-7-9-11-14;/h1,7-11,15H,5-6,12-13H2,2-3H3;1H/q+1;/p-1. The van der Waals surface area contributed by atoms with Crippen molar-refractivity contribution >= 4 is 22.6 Å². The second-order valence-electron chi connectivity index (χ2n) is 4.34. The molecule has 18 heavy (non-hydrogen) atoms. The van der Waals surface area contributed by atoms with Crippen LogP contribution >= 0.6 is 22.6 Å². The molecule has 1 rings (SSSR count). The number of halogens is 2. The SMILES string of the molecule is C#CC[N+](CC)(CC)C(I)Cc1ccccc1.[Cl-]. The molecule has 1 atom stereocenters. The first-order valence-electron chi connectivity index (χ1n) is 6.15.